The van der Waals surface area contributed by atoms with Crippen molar-refractivity contribution in [1.29, 1.82) is 0 Å². The zero-order valence-electron chi connectivity index (χ0n) is 10.9. The molecule has 3 N–H and O–H groups in total. The van der Waals surface area contributed by atoms with Gasteiger partial charge in [0.05, 0.1) is 17.8 Å². The number of rotatable bonds is 5. The van der Waals surface area contributed by atoms with Crippen LogP contribution in [0.25, 0.3) is 11.3 Å². The smallest absolute Gasteiger partial charge is 0.227 e. The minimum absolute atomic E-state index is 0.138. The number of ether oxygens (including phenoxy) is 1. The number of nitrogens with one attached hydrogen (secondary N) is 1. The highest BCUT2D eigenvalue weighted by Gasteiger charge is 2.09. The number of amides is 1. The van der Waals surface area contributed by atoms with Gasteiger partial charge in [-0.2, -0.15) is 0 Å². The van der Waals surface area contributed by atoms with Crippen molar-refractivity contribution < 1.29 is 9.53 Å². The highest BCUT2D eigenvalue weighted by Crippen LogP contribution is 2.31. The van der Waals surface area contributed by atoms with E-state index in [4.69, 9.17) is 22.1 Å². The molecular weight excluding hydrogens is 298 g/mol. The van der Waals surface area contributed by atoms with E-state index < -0.39 is 0 Å². The molecule has 0 saturated heterocycles. The third-order valence-corrected chi connectivity index (χ3v) is 3.62. The number of thiazole rings is 1. The zero-order valence-corrected chi connectivity index (χ0v) is 12.4. The zero-order chi connectivity index (χ0) is 14.5. The number of nitrogens with two attached hydrogens (primary N) is 1. The lowest BCUT2D eigenvalue weighted by Crippen LogP contribution is -2.15. The standard InChI is InChI=1S/C13H14ClN3O2S/c1-19-11-3-2-8(6-9(11)14)10-7-20-13(16-10)17-12(18)4-5-15/h2-3,6-7H,4-5,15H2,1H3,(H,16,17,18). The van der Waals surface area contributed by atoms with E-state index in [0.717, 1.165) is 11.3 Å². The van der Waals surface area contributed by atoms with Gasteiger partial charge < -0.3 is 15.8 Å². The molecule has 1 aromatic heterocycles. The third kappa shape index (κ3) is 3.47. The Bertz CT molecular complexity index is 615. The quantitative estimate of drug-likeness (QED) is 0.890. The molecule has 1 amide bonds. The molecule has 5 nitrogen and oxygen atoms in total. The van der Waals surface area contributed by atoms with Crippen molar-refractivity contribution in [3.63, 3.8) is 0 Å². The van der Waals surface area contributed by atoms with Crippen LogP contribution in [-0.4, -0.2) is 24.5 Å². The van der Waals surface area contributed by atoms with E-state index in [-0.39, 0.29) is 12.3 Å². The first-order valence-electron chi connectivity index (χ1n) is 5.93. The molecule has 0 aliphatic heterocycles. The summed E-state index contributed by atoms with van der Waals surface area (Å²) in [7, 11) is 1.56. The maximum absolute atomic E-state index is 11.4. The molecular formula is C13H14ClN3O2S. The molecule has 0 aliphatic rings. The van der Waals surface area contributed by atoms with Gasteiger partial charge in [0.15, 0.2) is 5.13 Å². The lowest BCUT2D eigenvalue weighted by atomic mass is 10.2. The van der Waals surface area contributed by atoms with Crippen molar-refractivity contribution in [2.45, 2.75) is 6.42 Å². The van der Waals surface area contributed by atoms with Crippen LogP contribution >= 0.6 is 22.9 Å². The van der Waals surface area contributed by atoms with Crippen molar-refractivity contribution >= 4 is 34.0 Å². The predicted octanol–water partition coefficient (Wildman–Crippen LogP) is 2.76. The Morgan fingerprint density at radius 2 is 2.35 bits per heavy atom. The molecule has 0 aliphatic carbocycles. The molecule has 0 bridgehead atoms. The third-order valence-electron chi connectivity index (χ3n) is 2.57. The molecule has 7 heteroatoms. The predicted molar refractivity (Wildman–Crippen MR) is 81.4 cm³/mol. The van der Waals surface area contributed by atoms with E-state index in [0.29, 0.717) is 22.4 Å². The van der Waals surface area contributed by atoms with Crippen LogP contribution in [0.3, 0.4) is 0 Å². The van der Waals surface area contributed by atoms with Crippen molar-refractivity contribution in [2.24, 2.45) is 5.73 Å². The molecule has 0 unspecified atom stereocenters. The van der Waals surface area contributed by atoms with Crippen molar-refractivity contribution in [2.75, 3.05) is 19.0 Å². The number of halogens is 1. The number of nitrogens with zero attached hydrogens (tertiary/aromatic N) is 1. The summed E-state index contributed by atoms with van der Waals surface area (Å²) in [5.41, 5.74) is 6.94. The van der Waals surface area contributed by atoms with E-state index >= 15 is 0 Å². The minimum Gasteiger partial charge on any atom is -0.495 e. The van der Waals surface area contributed by atoms with Crippen LogP contribution in [0.5, 0.6) is 5.75 Å². The summed E-state index contributed by atoms with van der Waals surface area (Å²) in [6.07, 6.45) is 0.281. The van der Waals surface area contributed by atoms with Crippen LogP contribution in [0.2, 0.25) is 5.02 Å². The van der Waals surface area contributed by atoms with Gasteiger partial charge in [-0.05, 0) is 18.2 Å². The Kier molecular flexibility index (Phi) is 4.94. The fourth-order valence-corrected chi connectivity index (χ4v) is 2.60. The van der Waals surface area contributed by atoms with Gasteiger partial charge in [-0.15, -0.1) is 11.3 Å². The van der Waals surface area contributed by atoms with Gasteiger partial charge in [0, 0.05) is 23.9 Å². The lowest BCUT2D eigenvalue weighted by molar-refractivity contribution is -0.116. The van der Waals surface area contributed by atoms with Gasteiger partial charge in [-0.25, -0.2) is 4.98 Å². The number of carbonyl (C=O) groups is 1. The SMILES string of the molecule is COc1ccc(-c2csc(NC(=O)CCN)n2)cc1Cl. The van der Waals surface area contributed by atoms with Gasteiger partial charge in [-0.1, -0.05) is 11.6 Å². The summed E-state index contributed by atoms with van der Waals surface area (Å²) in [5, 5.41) is 5.63. The molecule has 0 spiro atoms. The fourth-order valence-electron chi connectivity index (χ4n) is 1.60. The molecule has 0 atom stereocenters. The molecule has 106 valence electrons. The second-order valence-electron chi connectivity index (χ2n) is 3.97. The summed E-state index contributed by atoms with van der Waals surface area (Å²) in [5.74, 6) is 0.475. The number of aromatic nitrogens is 1. The van der Waals surface area contributed by atoms with E-state index in [1.807, 2.05) is 11.4 Å². The maximum Gasteiger partial charge on any atom is 0.227 e. The number of hydrogen-bond donors (Lipinski definition) is 2. The van der Waals surface area contributed by atoms with Gasteiger partial charge in [-0.3, -0.25) is 4.79 Å². The summed E-state index contributed by atoms with van der Waals surface area (Å²) < 4.78 is 5.10. The first-order valence-corrected chi connectivity index (χ1v) is 7.19. The van der Waals surface area contributed by atoms with Gasteiger partial charge >= 0.3 is 0 Å². The first-order chi connectivity index (χ1) is 9.63. The van der Waals surface area contributed by atoms with Gasteiger partial charge in [0.2, 0.25) is 5.91 Å². The number of benzene rings is 1. The lowest BCUT2D eigenvalue weighted by Gasteiger charge is -2.04. The number of carbonyl (C=O) groups excluding carboxylic acids is 1. The molecule has 1 heterocycles. The van der Waals surface area contributed by atoms with E-state index in [2.05, 4.69) is 10.3 Å². The fraction of sp³-hybridized carbons (Fsp3) is 0.231. The van der Waals surface area contributed by atoms with Crippen molar-refractivity contribution in [1.82, 2.24) is 4.98 Å². The highest BCUT2D eigenvalue weighted by molar-refractivity contribution is 7.14. The maximum atomic E-state index is 11.4. The summed E-state index contributed by atoms with van der Waals surface area (Å²) in [6.45, 7) is 0.318. The number of hydrogen-bond acceptors (Lipinski definition) is 5. The van der Waals surface area contributed by atoms with Crippen molar-refractivity contribution in [3.05, 3.63) is 28.6 Å². The molecule has 2 aromatic rings. The molecule has 2 rings (SSSR count). The Labute approximate surface area is 125 Å². The van der Waals surface area contributed by atoms with Crippen LogP contribution in [0.1, 0.15) is 6.42 Å². The average Bonchev–Trinajstić information content (AvgIpc) is 2.87. The van der Waals surface area contributed by atoms with Crippen LogP contribution in [0.15, 0.2) is 23.6 Å². The summed E-state index contributed by atoms with van der Waals surface area (Å²) in [6, 6.07) is 5.43. The Morgan fingerprint density at radius 3 is 3.00 bits per heavy atom. The molecule has 0 fully saturated rings. The average molecular weight is 312 g/mol. The number of anilines is 1. The Morgan fingerprint density at radius 1 is 1.55 bits per heavy atom. The van der Waals surface area contributed by atoms with Gasteiger partial charge in [0.1, 0.15) is 5.75 Å². The highest BCUT2D eigenvalue weighted by atomic mass is 35.5. The van der Waals surface area contributed by atoms with Crippen LogP contribution < -0.4 is 15.8 Å². The molecule has 0 saturated carbocycles. The van der Waals surface area contributed by atoms with Gasteiger partial charge in [0.25, 0.3) is 0 Å². The summed E-state index contributed by atoms with van der Waals surface area (Å²) >= 11 is 7.43. The topological polar surface area (TPSA) is 77.2 Å². The second-order valence-corrected chi connectivity index (χ2v) is 5.24. The Hall–Kier alpha value is -1.63. The monoisotopic (exact) mass is 311 g/mol. The largest absolute Gasteiger partial charge is 0.495 e. The molecule has 20 heavy (non-hydrogen) atoms. The van der Waals surface area contributed by atoms with Crippen LogP contribution in [0.4, 0.5) is 5.13 Å². The molecule has 0 radical (unpaired) electrons. The van der Waals surface area contributed by atoms with Crippen LogP contribution in [-0.2, 0) is 4.79 Å². The van der Waals surface area contributed by atoms with E-state index in [1.54, 1.807) is 19.2 Å². The molecule has 1 aromatic carbocycles. The summed E-state index contributed by atoms with van der Waals surface area (Å²) in [4.78, 5) is 15.8. The normalized spacial score (nSPS) is 10.3. The first kappa shape index (κ1) is 14.8. The van der Waals surface area contributed by atoms with Crippen molar-refractivity contribution in [3.8, 4) is 17.0 Å². The van der Waals surface area contributed by atoms with E-state index in [1.165, 1.54) is 11.3 Å². The minimum atomic E-state index is -0.138. The number of methoxy groups -OCH3 is 1. The van der Waals surface area contributed by atoms with Crippen LogP contribution in [0, 0.1) is 0 Å². The second kappa shape index (κ2) is 6.69. The van der Waals surface area contributed by atoms with E-state index in [9.17, 15) is 4.79 Å². The Balaban J connectivity index is 2.16.